The van der Waals surface area contributed by atoms with Crippen LogP contribution in [0.15, 0.2) is 59.4 Å². The van der Waals surface area contributed by atoms with E-state index in [0.29, 0.717) is 11.5 Å². The monoisotopic (exact) mass is 447 g/mol. The molecule has 0 aliphatic rings. The van der Waals surface area contributed by atoms with Crippen molar-refractivity contribution in [3.8, 4) is 17.2 Å². The van der Waals surface area contributed by atoms with Crippen LogP contribution in [0.25, 0.3) is 5.69 Å². The molecule has 0 fully saturated rings. The lowest BCUT2D eigenvalue weighted by Gasteiger charge is -2.14. The average molecular weight is 447 g/mol. The molecular formula is C22H20F3N3O4. The lowest BCUT2D eigenvalue weighted by molar-refractivity contribution is -0.137. The third-order valence-corrected chi connectivity index (χ3v) is 4.44. The van der Waals surface area contributed by atoms with Gasteiger partial charge in [0.2, 0.25) is 5.43 Å². The minimum atomic E-state index is -4.54. The van der Waals surface area contributed by atoms with Crippen LogP contribution < -0.4 is 20.2 Å². The normalized spacial score (nSPS) is 11.2. The first-order valence-corrected chi connectivity index (χ1v) is 9.52. The highest BCUT2D eigenvalue weighted by molar-refractivity contribution is 5.92. The van der Waals surface area contributed by atoms with Gasteiger partial charge in [0.05, 0.1) is 24.9 Å². The van der Waals surface area contributed by atoms with Crippen LogP contribution in [0.2, 0.25) is 0 Å². The standard InChI is InChI=1S/C22H20F3N3O4/c1-14-11-19(29)20(27-28(14)16-6-3-5-15(12-16)22(23,24)25)21(30)26-9-10-32-18-8-4-7-17(13-18)31-2/h3-8,11-13H,9-10H2,1-2H3,(H,26,30). The van der Waals surface area contributed by atoms with Gasteiger partial charge in [0.25, 0.3) is 5.91 Å². The summed E-state index contributed by atoms with van der Waals surface area (Å²) in [6.07, 6.45) is -4.54. The number of hydrogen-bond donors (Lipinski definition) is 1. The van der Waals surface area contributed by atoms with E-state index in [1.807, 2.05) is 0 Å². The molecule has 0 saturated heterocycles. The van der Waals surface area contributed by atoms with Gasteiger partial charge in [-0.2, -0.15) is 18.3 Å². The van der Waals surface area contributed by atoms with Gasteiger partial charge < -0.3 is 14.8 Å². The molecule has 32 heavy (non-hydrogen) atoms. The van der Waals surface area contributed by atoms with Gasteiger partial charge in [-0.25, -0.2) is 4.68 Å². The number of benzene rings is 2. The zero-order valence-electron chi connectivity index (χ0n) is 17.3. The van der Waals surface area contributed by atoms with E-state index in [1.165, 1.54) is 26.2 Å². The smallest absolute Gasteiger partial charge is 0.416 e. The van der Waals surface area contributed by atoms with Crippen molar-refractivity contribution in [2.24, 2.45) is 0 Å². The minimum absolute atomic E-state index is 0.0766. The Hall–Kier alpha value is -3.82. The van der Waals surface area contributed by atoms with Crippen molar-refractivity contribution in [3.63, 3.8) is 0 Å². The molecule has 0 aliphatic carbocycles. The molecule has 0 unspecified atom stereocenters. The summed E-state index contributed by atoms with van der Waals surface area (Å²) in [5, 5.41) is 6.51. The molecule has 0 saturated carbocycles. The van der Waals surface area contributed by atoms with E-state index in [-0.39, 0.29) is 24.5 Å². The number of alkyl halides is 3. The maximum absolute atomic E-state index is 13.0. The molecule has 0 radical (unpaired) electrons. The van der Waals surface area contributed by atoms with E-state index >= 15 is 0 Å². The molecular weight excluding hydrogens is 427 g/mol. The number of nitrogens with zero attached hydrogens (tertiary/aromatic N) is 2. The number of nitrogens with one attached hydrogen (secondary N) is 1. The van der Waals surface area contributed by atoms with Gasteiger partial charge in [0.15, 0.2) is 5.69 Å². The zero-order chi connectivity index (χ0) is 23.3. The molecule has 1 N–H and O–H groups in total. The fourth-order valence-corrected chi connectivity index (χ4v) is 2.89. The van der Waals surface area contributed by atoms with Gasteiger partial charge in [0, 0.05) is 17.8 Å². The molecule has 0 atom stereocenters. The highest BCUT2D eigenvalue weighted by Gasteiger charge is 2.30. The highest BCUT2D eigenvalue weighted by Crippen LogP contribution is 2.30. The van der Waals surface area contributed by atoms with E-state index < -0.39 is 28.8 Å². The van der Waals surface area contributed by atoms with Crippen molar-refractivity contribution < 1.29 is 27.4 Å². The van der Waals surface area contributed by atoms with Gasteiger partial charge in [-0.15, -0.1) is 0 Å². The number of hydrogen-bond acceptors (Lipinski definition) is 5. The number of halogens is 3. The Bertz CT molecular complexity index is 1180. The number of rotatable bonds is 7. The molecule has 0 aliphatic heterocycles. The van der Waals surface area contributed by atoms with Crippen molar-refractivity contribution >= 4 is 5.91 Å². The summed E-state index contributed by atoms with van der Waals surface area (Å²) in [7, 11) is 1.53. The molecule has 1 aromatic heterocycles. The first-order chi connectivity index (χ1) is 15.2. The van der Waals surface area contributed by atoms with E-state index in [9.17, 15) is 22.8 Å². The van der Waals surface area contributed by atoms with Gasteiger partial charge in [-0.05, 0) is 37.3 Å². The van der Waals surface area contributed by atoms with E-state index in [2.05, 4.69) is 10.4 Å². The van der Waals surface area contributed by atoms with Crippen LogP contribution in [0.3, 0.4) is 0 Å². The topological polar surface area (TPSA) is 82.4 Å². The summed E-state index contributed by atoms with van der Waals surface area (Å²) >= 11 is 0. The SMILES string of the molecule is COc1cccc(OCCNC(=O)c2nn(-c3cccc(C(F)(F)F)c3)c(C)cc2=O)c1. The first-order valence-electron chi connectivity index (χ1n) is 9.52. The fourth-order valence-electron chi connectivity index (χ4n) is 2.89. The largest absolute Gasteiger partial charge is 0.497 e. The molecule has 1 heterocycles. The van der Waals surface area contributed by atoms with Crippen molar-refractivity contribution in [1.82, 2.24) is 15.1 Å². The highest BCUT2D eigenvalue weighted by atomic mass is 19.4. The number of amides is 1. The Balaban J connectivity index is 1.72. The lowest BCUT2D eigenvalue weighted by Crippen LogP contribution is -2.34. The van der Waals surface area contributed by atoms with Crippen LogP contribution in [-0.4, -0.2) is 35.9 Å². The van der Waals surface area contributed by atoms with Gasteiger partial charge in [-0.1, -0.05) is 12.1 Å². The second-order valence-electron chi connectivity index (χ2n) is 6.74. The van der Waals surface area contributed by atoms with E-state index in [4.69, 9.17) is 9.47 Å². The molecule has 3 rings (SSSR count). The lowest BCUT2D eigenvalue weighted by atomic mass is 10.2. The number of ether oxygens (including phenoxy) is 2. The summed E-state index contributed by atoms with van der Waals surface area (Å²) < 4.78 is 50.8. The second-order valence-corrected chi connectivity index (χ2v) is 6.74. The first kappa shape index (κ1) is 22.9. The van der Waals surface area contributed by atoms with Crippen LogP contribution in [0.5, 0.6) is 11.5 Å². The van der Waals surface area contributed by atoms with E-state index in [1.54, 1.807) is 24.3 Å². The predicted molar refractivity (Wildman–Crippen MR) is 110 cm³/mol. The Morgan fingerprint density at radius 2 is 1.81 bits per heavy atom. The average Bonchev–Trinajstić information content (AvgIpc) is 2.76. The van der Waals surface area contributed by atoms with Crippen LogP contribution in [0, 0.1) is 6.92 Å². The minimum Gasteiger partial charge on any atom is -0.497 e. The van der Waals surface area contributed by atoms with Crippen LogP contribution in [-0.2, 0) is 6.18 Å². The summed E-state index contributed by atoms with van der Waals surface area (Å²) in [5.41, 5.74) is -1.58. The predicted octanol–water partition coefficient (Wildman–Crippen LogP) is 3.38. The van der Waals surface area contributed by atoms with Gasteiger partial charge in [0.1, 0.15) is 18.1 Å². The van der Waals surface area contributed by atoms with Crippen molar-refractivity contribution in [2.45, 2.75) is 13.1 Å². The third kappa shape index (κ3) is 5.45. The molecule has 168 valence electrons. The molecule has 2 aromatic carbocycles. The van der Waals surface area contributed by atoms with Crippen molar-refractivity contribution in [3.05, 3.63) is 81.8 Å². The number of aromatic nitrogens is 2. The molecule has 0 spiro atoms. The van der Waals surface area contributed by atoms with Crippen molar-refractivity contribution in [2.75, 3.05) is 20.3 Å². The molecule has 3 aromatic rings. The Morgan fingerprint density at radius 1 is 1.09 bits per heavy atom. The molecule has 1 amide bonds. The Labute approximate surface area is 181 Å². The zero-order valence-corrected chi connectivity index (χ0v) is 17.3. The number of aryl methyl sites for hydroxylation is 1. The number of carbonyl (C=O) groups excluding carboxylic acids is 1. The maximum Gasteiger partial charge on any atom is 0.416 e. The van der Waals surface area contributed by atoms with Gasteiger partial charge >= 0.3 is 6.18 Å². The summed E-state index contributed by atoms with van der Waals surface area (Å²) in [5.74, 6) is 0.398. The Morgan fingerprint density at radius 3 is 2.53 bits per heavy atom. The molecule has 0 bridgehead atoms. The number of carbonyl (C=O) groups is 1. The maximum atomic E-state index is 13.0. The summed E-state index contributed by atoms with van der Waals surface area (Å²) in [6, 6.07) is 12.5. The fraction of sp³-hybridized carbons (Fsp3) is 0.227. The Kier molecular flexibility index (Phi) is 6.82. The third-order valence-electron chi connectivity index (χ3n) is 4.44. The van der Waals surface area contributed by atoms with Crippen LogP contribution in [0.4, 0.5) is 13.2 Å². The van der Waals surface area contributed by atoms with Gasteiger partial charge in [-0.3, -0.25) is 9.59 Å². The van der Waals surface area contributed by atoms with E-state index in [0.717, 1.165) is 22.9 Å². The molecule has 7 nitrogen and oxygen atoms in total. The van der Waals surface area contributed by atoms with Crippen molar-refractivity contribution in [1.29, 1.82) is 0 Å². The number of methoxy groups -OCH3 is 1. The van der Waals surface area contributed by atoms with Crippen LogP contribution in [0.1, 0.15) is 21.7 Å². The summed E-state index contributed by atoms with van der Waals surface area (Å²) in [4.78, 5) is 24.7. The van der Waals surface area contributed by atoms with Crippen LogP contribution >= 0.6 is 0 Å². The molecule has 10 heteroatoms. The quantitative estimate of drug-likeness (QED) is 0.562. The second kappa shape index (κ2) is 9.54. The summed E-state index contributed by atoms with van der Waals surface area (Å²) in [6.45, 7) is 1.71.